The molecule has 0 saturated heterocycles. The highest BCUT2D eigenvalue weighted by Gasteiger charge is 2.08. The zero-order valence-electron chi connectivity index (χ0n) is 10.2. The van der Waals surface area contributed by atoms with Gasteiger partial charge in [0.2, 0.25) is 5.91 Å². The Balaban J connectivity index is 2.88. The van der Waals surface area contributed by atoms with Gasteiger partial charge in [-0.1, -0.05) is 19.9 Å². The van der Waals surface area contributed by atoms with Gasteiger partial charge < -0.3 is 16.4 Å². The molecule has 0 fully saturated rings. The van der Waals surface area contributed by atoms with Gasteiger partial charge in [0, 0.05) is 17.3 Å². The molecule has 0 spiro atoms. The van der Waals surface area contributed by atoms with Gasteiger partial charge in [-0.05, 0) is 36.8 Å². The van der Waals surface area contributed by atoms with Crippen molar-refractivity contribution in [2.24, 2.45) is 11.7 Å². The molecule has 0 heterocycles. The lowest BCUT2D eigenvalue weighted by Gasteiger charge is -2.12. The molecule has 0 radical (unpaired) electrons. The van der Waals surface area contributed by atoms with E-state index in [9.17, 15) is 4.79 Å². The average Bonchev–Trinajstić information content (AvgIpc) is 2.22. The van der Waals surface area contributed by atoms with Crippen molar-refractivity contribution in [3.05, 3.63) is 23.8 Å². The average molecular weight is 251 g/mol. The predicted molar refractivity (Wildman–Crippen MR) is 75.1 cm³/mol. The Labute approximate surface area is 107 Å². The summed E-state index contributed by atoms with van der Waals surface area (Å²) in [7, 11) is 0. The van der Waals surface area contributed by atoms with E-state index in [0.717, 1.165) is 16.9 Å². The van der Waals surface area contributed by atoms with Crippen LogP contribution in [0, 0.1) is 12.8 Å². The second-order valence-electron chi connectivity index (χ2n) is 4.16. The SMILES string of the molecule is Cc1ccc(NC(=O)C(C)C)cc1NC(N)=S. The van der Waals surface area contributed by atoms with Crippen LogP contribution in [0.3, 0.4) is 0 Å². The number of nitrogens with two attached hydrogens (primary N) is 1. The summed E-state index contributed by atoms with van der Waals surface area (Å²) in [6.45, 7) is 5.63. The summed E-state index contributed by atoms with van der Waals surface area (Å²) >= 11 is 4.79. The lowest BCUT2D eigenvalue weighted by Crippen LogP contribution is -2.20. The van der Waals surface area contributed by atoms with E-state index in [2.05, 4.69) is 10.6 Å². The molecule has 0 atom stereocenters. The van der Waals surface area contributed by atoms with Crippen LogP contribution in [0.4, 0.5) is 11.4 Å². The molecule has 0 aliphatic carbocycles. The van der Waals surface area contributed by atoms with Gasteiger partial charge in [0.05, 0.1) is 0 Å². The maximum Gasteiger partial charge on any atom is 0.226 e. The third-order valence-corrected chi connectivity index (χ3v) is 2.39. The predicted octanol–water partition coefficient (Wildman–Crippen LogP) is 2.25. The Hall–Kier alpha value is -1.62. The first-order chi connectivity index (χ1) is 7.90. The molecule has 5 heteroatoms. The number of benzene rings is 1. The second kappa shape index (κ2) is 5.63. The molecular formula is C12H17N3OS. The zero-order chi connectivity index (χ0) is 13.0. The van der Waals surface area contributed by atoms with Crippen LogP contribution in [-0.2, 0) is 4.79 Å². The lowest BCUT2D eigenvalue weighted by atomic mass is 10.1. The number of amides is 1. The van der Waals surface area contributed by atoms with Crippen LogP contribution in [0.5, 0.6) is 0 Å². The quantitative estimate of drug-likeness (QED) is 0.721. The number of rotatable bonds is 3. The maximum atomic E-state index is 11.5. The summed E-state index contributed by atoms with van der Waals surface area (Å²) in [4.78, 5) is 11.5. The first kappa shape index (κ1) is 13.4. The fraction of sp³-hybridized carbons (Fsp3) is 0.333. The molecule has 1 amide bonds. The molecule has 0 saturated carbocycles. The summed E-state index contributed by atoms with van der Waals surface area (Å²) in [6.07, 6.45) is 0. The number of aryl methyl sites for hydroxylation is 1. The molecule has 17 heavy (non-hydrogen) atoms. The molecule has 1 aromatic carbocycles. The van der Waals surface area contributed by atoms with Crippen LogP contribution in [0.15, 0.2) is 18.2 Å². The Morgan fingerprint density at radius 2 is 2.00 bits per heavy atom. The molecule has 0 aromatic heterocycles. The minimum absolute atomic E-state index is 0.0184. The molecule has 4 N–H and O–H groups in total. The standard InChI is InChI=1S/C12H17N3OS/c1-7(2)11(16)14-9-5-4-8(3)10(6-9)15-12(13)17/h4-7H,1-3H3,(H,14,16)(H3,13,15,17). The van der Waals surface area contributed by atoms with Gasteiger partial charge in [-0.25, -0.2) is 0 Å². The van der Waals surface area contributed by atoms with Crippen LogP contribution in [0.2, 0.25) is 0 Å². The molecule has 1 rings (SSSR count). The van der Waals surface area contributed by atoms with E-state index < -0.39 is 0 Å². The molecular weight excluding hydrogens is 234 g/mol. The number of anilines is 2. The minimum atomic E-state index is -0.0525. The van der Waals surface area contributed by atoms with E-state index >= 15 is 0 Å². The smallest absolute Gasteiger partial charge is 0.226 e. The Morgan fingerprint density at radius 3 is 2.53 bits per heavy atom. The summed E-state index contributed by atoms with van der Waals surface area (Å²) in [5.74, 6) is -0.0709. The maximum absolute atomic E-state index is 11.5. The van der Waals surface area contributed by atoms with Crippen molar-refractivity contribution >= 4 is 34.6 Å². The summed E-state index contributed by atoms with van der Waals surface area (Å²) in [5.41, 5.74) is 7.97. The van der Waals surface area contributed by atoms with E-state index in [-0.39, 0.29) is 16.9 Å². The number of thiocarbonyl (C=S) groups is 1. The molecule has 4 nitrogen and oxygen atoms in total. The summed E-state index contributed by atoms with van der Waals surface area (Å²) in [5, 5.41) is 5.90. The van der Waals surface area contributed by atoms with E-state index in [4.69, 9.17) is 18.0 Å². The third kappa shape index (κ3) is 4.03. The van der Waals surface area contributed by atoms with Gasteiger partial charge >= 0.3 is 0 Å². The van der Waals surface area contributed by atoms with Crippen molar-refractivity contribution in [1.82, 2.24) is 0 Å². The number of carbonyl (C=O) groups is 1. The summed E-state index contributed by atoms with van der Waals surface area (Å²) in [6, 6.07) is 5.56. The monoisotopic (exact) mass is 251 g/mol. The Kier molecular flexibility index (Phi) is 4.45. The Bertz CT molecular complexity index is 443. The first-order valence-corrected chi connectivity index (χ1v) is 5.79. The van der Waals surface area contributed by atoms with Crippen LogP contribution >= 0.6 is 12.2 Å². The van der Waals surface area contributed by atoms with Crippen molar-refractivity contribution in [2.75, 3.05) is 10.6 Å². The van der Waals surface area contributed by atoms with Gasteiger partial charge in [-0.15, -0.1) is 0 Å². The number of nitrogens with one attached hydrogen (secondary N) is 2. The highest BCUT2D eigenvalue weighted by atomic mass is 32.1. The molecule has 0 bridgehead atoms. The number of hydrogen-bond acceptors (Lipinski definition) is 2. The van der Waals surface area contributed by atoms with Crippen molar-refractivity contribution in [2.45, 2.75) is 20.8 Å². The fourth-order valence-corrected chi connectivity index (χ4v) is 1.36. The van der Waals surface area contributed by atoms with E-state index in [1.807, 2.05) is 39.0 Å². The highest BCUT2D eigenvalue weighted by Crippen LogP contribution is 2.20. The van der Waals surface area contributed by atoms with Gasteiger partial charge in [0.1, 0.15) is 0 Å². The second-order valence-corrected chi connectivity index (χ2v) is 4.60. The third-order valence-electron chi connectivity index (χ3n) is 2.29. The largest absolute Gasteiger partial charge is 0.376 e. The molecule has 0 aliphatic rings. The van der Waals surface area contributed by atoms with Crippen molar-refractivity contribution in [3.8, 4) is 0 Å². The topological polar surface area (TPSA) is 67.2 Å². The number of hydrogen-bond donors (Lipinski definition) is 3. The zero-order valence-corrected chi connectivity index (χ0v) is 11.0. The molecule has 1 aromatic rings. The van der Waals surface area contributed by atoms with Crippen LogP contribution in [-0.4, -0.2) is 11.0 Å². The molecule has 92 valence electrons. The van der Waals surface area contributed by atoms with Crippen molar-refractivity contribution in [3.63, 3.8) is 0 Å². The van der Waals surface area contributed by atoms with Crippen molar-refractivity contribution < 1.29 is 4.79 Å². The minimum Gasteiger partial charge on any atom is -0.376 e. The summed E-state index contributed by atoms with van der Waals surface area (Å²) < 4.78 is 0. The van der Waals surface area contributed by atoms with Crippen LogP contribution < -0.4 is 16.4 Å². The highest BCUT2D eigenvalue weighted by molar-refractivity contribution is 7.80. The van der Waals surface area contributed by atoms with Gasteiger partial charge in [-0.3, -0.25) is 4.79 Å². The fourth-order valence-electron chi connectivity index (χ4n) is 1.25. The van der Waals surface area contributed by atoms with Crippen LogP contribution in [0.25, 0.3) is 0 Å². The van der Waals surface area contributed by atoms with Gasteiger partial charge in [0.25, 0.3) is 0 Å². The Morgan fingerprint density at radius 1 is 1.35 bits per heavy atom. The molecule has 0 aliphatic heterocycles. The first-order valence-electron chi connectivity index (χ1n) is 5.38. The lowest BCUT2D eigenvalue weighted by molar-refractivity contribution is -0.118. The van der Waals surface area contributed by atoms with Crippen LogP contribution in [0.1, 0.15) is 19.4 Å². The van der Waals surface area contributed by atoms with Crippen molar-refractivity contribution in [1.29, 1.82) is 0 Å². The van der Waals surface area contributed by atoms with E-state index in [1.165, 1.54) is 0 Å². The van der Waals surface area contributed by atoms with E-state index in [0.29, 0.717) is 0 Å². The van der Waals surface area contributed by atoms with Gasteiger partial charge in [-0.2, -0.15) is 0 Å². The van der Waals surface area contributed by atoms with E-state index in [1.54, 1.807) is 0 Å². The normalized spacial score (nSPS) is 10.1. The molecule has 0 unspecified atom stereocenters. The van der Waals surface area contributed by atoms with Gasteiger partial charge in [0.15, 0.2) is 5.11 Å². The number of carbonyl (C=O) groups excluding carboxylic acids is 1.